The van der Waals surface area contributed by atoms with Crippen LogP contribution >= 0.6 is 0 Å². The molecule has 8 atom stereocenters. The number of hydrogen-bond acceptors (Lipinski definition) is 20. The number of carboxylic acids is 1. The molecule has 31 heteroatoms. The number of ketones is 6. The lowest BCUT2D eigenvalue weighted by Crippen LogP contribution is -2.53. The molecule has 0 saturated heterocycles. The second-order valence-corrected chi connectivity index (χ2v) is 27.7. The van der Waals surface area contributed by atoms with E-state index in [0.29, 0.717) is 72.1 Å². The number of guanidine groups is 1. The van der Waals surface area contributed by atoms with Gasteiger partial charge in [-0.2, -0.15) is 0 Å². The number of hydrogen-bond donors (Lipinski definition) is 11. The van der Waals surface area contributed by atoms with Crippen molar-refractivity contribution in [3.05, 3.63) is 0 Å². The molecule has 31 nitrogen and oxygen atoms in total. The number of nitrogens with two attached hydrogens (primary N) is 3. The van der Waals surface area contributed by atoms with Crippen LogP contribution in [-0.2, 0) is 86.0 Å². The van der Waals surface area contributed by atoms with Crippen LogP contribution in [0, 0.1) is 47.3 Å². The van der Waals surface area contributed by atoms with Gasteiger partial charge >= 0.3 is 12.0 Å². The molecule has 0 bridgehead atoms. The first-order chi connectivity index (χ1) is 47.4. The van der Waals surface area contributed by atoms with Gasteiger partial charge in [0.15, 0.2) is 34.9 Å². The van der Waals surface area contributed by atoms with Crippen LogP contribution in [0.5, 0.6) is 0 Å². The number of aliphatic imine (C=N–C) groups is 1. The predicted octanol–water partition coefficient (Wildman–Crippen LogP) is 2.85. The molecule has 14 N–H and O–H groups in total. The van der Waals surface area contributed by atoms with Gasteiger partial charge in [-0.25, -0.2) is 4.79 Å². The monoisotopic (exact) mass is 1440 g/mol. The Morgan fingerprint density at radius 3 is 1.47 bits per heavy atom. The standard InChI is InChI=1S/C70H123N11O20/c1-14-49(38-58(85)47(10)77-66(94)51(35-43(2)3)40-60(87)55(42-63(90)91)79-62(89)20-19-57(84)53(78-48(11)82)18-16-22-75-68(71)72)65(93)80-54(37-45(6)7)59(86)39-50(17-15-23-76-69(73)96)67(95)81-70(12,13)61(88)41-52(36-44(4)5)64(92)74-24-26-98-28-30-100-32-34-101-33-31-99-29-27-97-25-21-56(83)46(8)9/h43-47,49-55H,14-42H2,1-13H3,(H,74,92)(H,77,94)(H,78,82)(H,79,89)(H,80,93)(H,81,95)(H,90,91)(H4,71,72,75)(H3,73,76,96)/t47-,49+,50+,51+,52+,53-,54-,55-/m0/s1. The fourth-order valence-corrected chi connectivity index (χ4v) is 10.6. The summed E-state index contributed by atoms with van der Waals surface area (Å²) in [7, 11) is 0. The van der Waals surface area contributed by atoms with Gasteiger partial charge in [0.2, 0.25) is 35.4 Å². The number of rotatable bonds is 61. The second kappa shape index (κ2) is 52.6. The van der Waals surface area contributed by atoms with Gasteiger partial charge in [0.1, 0.15) is 5.78 Å². The van der Waals surface area contributed by atoms with Gasteiger partial charge in [-0.15, -0.1) is 0 Å². The molecule has 0 aliphatic rings. The predicted molar refractivity (Wildman–Crippen MR) is 377 cm³/mol. The highest BCUT2D eigenvalue weighted by Crippen LogP contribution is 2.24. The van der Waals surface area contributed by atoms with Crippen molar-refractivity contribution in [1.29, 1.82) is 0 Å². The molecule has 0 radical (unpaired) electrons. The van der Waals surface area contributed by atoms with E-state index in [1.54, 1.807) is 20.8 Å². The van der Waals surface area contributed by atoms with Crippen LogP contribution in [0.1, 0.15) is 193 Å². The Morgan fingerprint density at radius 2 is 0.960 bits per heavy atom. The molecule has 0 aliphatic heterocycles. The molecule has 0 spiro atoms. The third-order valence-corrected chi connectivity index (χ3v) is 16.3. The van der Waals surface area contributed by atoms with E-state index in [9.17, 15) is 72.2 Å². The maximum absolute atomic E-state index is 14.4. The van der Waals surface area contributed by atoms with E-state index >= 15 is 0 Å². The summed E-state index contributed by atoms with van der Waals surface area (Å²) in [5.41, 5.74) is 14.5. The van der Waals surface area contributed by atoms with E-state index in [2.05, 4.69) is 42.2 Å². The van der Waals surface area contributed by atoms with Crippen LogP contribution in [0.25, 0.3) is 0 Å². The molecule has 0 unspecified atom stereocenters. The largest absolute Gasteiger partial charge is 0.481 e. The van der Waals surface area contributed by atoms with Gasteiger partial charge in [0.05, 0.1) is 102 Å². The summed E-state index contributed by atoms with van der Waals surface area (Å²) in [6, 6.07) is -5.71. The normalized spacial score (nSPS) is 13.9. The fraction of sp³-hybridized carbons (Fsp3) is 0.786. The van der Waals surface area contributed by atoms with E-state index in [1.807, 2.05) is 41.5 Å². The number of primary amides is 1. The third kappa shape index (κ3) is 45.3. The van der Waals surface area contributed by atoms with Crippen molar-refractivity contribution in [3.63, 3.8) is 0 Å². The minimum Gasteiger partial charge on any atom is -0.481 e. The zero-order valence-corrected chi connectivity index (χ0v) is 62.3. The van der Waals surface area contributed by atoms with Crippen LogP contribution in [0.15, 0.2) is 4.99 Å². The third-order valence-electron chi connectivity index (χ3n) is 16.3. The minimum absolute atomic E-state index is 0.00875. The van der Waals surface area contributed by atoms with Crippen molar-refractivity contribution in [2.24, 2.45) is 69.5 Å². The lowest BCUT2D eigenvalue weighted by Gasteiger charge is -2.30. The summed E-state index contributed by atoms with van der Waals surface area (Å²) in [6.07, 6.45) is -1.38. The van der Waals surface area contributed by atoms with Crippen LogP contribution in [0.4, 0.5) is 4.79 Å². The first-order valence-corrected chi connectivity index (χ1v) is 35.5. The fourth-order valence-electron chi connectivity index (χ4n) is 10.6. The number of carbonyl (C=O) groups is 14. The van der Waals surface area contributed by atoms with Gasteiger partial charge in [0.25, 0.3) is 0 Å². The van der Waals surface area contributed by atoms with Crippen LogP contribution in [-0.4, -0.2) is 209 Å². The Hall–Kier alpha value is -7.35. The van der Waals surface area contributed by atoms with Gasteiger partial charge in [0, 0.05) is 101 Å². The first kappa shape index (κ1) is 93.6. The van der Waals surface area contributed by atoms with E-state index in [1.165, 1.54) is 27.7 Å². The maximum atomic E-state index is 14.4. The smallest absolute Gasteiger partial charge is 0.312 e. The van der Waals surface area contributed by atoms with Gasteiger partial charge in [-0.1, -0.05) is 62.3 Å². The zero-order chi connectivity index (χ0) is 76.8. The Kier molecular flexibility index (Phi) is 48.8. The van der Waals surface area contributed by atoms with Crippen molar-refractivity contribution >= 4 is 88.1 Å². The van der Waals surface area contributed by atoms with E-state index in [4.69, 9.17) is 40.9 Å². The van der Waals surface area contributed by atoms with Crippen LogP contribution in [0.3, 0.4) is 0 Å². The Bertz CT molecular complexity index is 2650. The van der Waals surface area contributed by atoms with Gasteiger partial charge in [-0.05, 0) is 89.9 Å². The average molecular weight is 1440 g/mol. The Labute approximate surface area is 596 Å². The lowest BCUT2D eigenvalue weighted by molar-refractivity contribution is -0.141. The first-order valence-electron chi connectivity index (χ1n) is 35.5. The number of amides is 8. The number of Topliss-reactive ketones (excluding diaryl/α,β-unsaturated/α-hetero) is 6. The van der Waals surface area contributed by atoms with Crippen LogP contribution in [0.2, 0.25) is 0 Å². The molecule has 0 aromatic rings. The molecule has 578 valence electrons. The van der Waals surface area contributed by atoms with Crippen molar-refractivity contribution in [1.82, 2.24) is 37.2 Å². The number of nitrogens with one attached hydrogen (secondary N) is 7. The van der Waals surface area contributed by atoms with E-state index in [0.717, 1.165) is 0 Å². The molecular weight excluding hydrogens is 1310 g/mol. The quantitative estimate of drug-likeness (QED) is 0.0237. The summed E-state index contributed by atoms with van der Waals surface area (Å²) in [4.78, 5) is 189. The zero-order valence-electron chi connectivity index (χ0n) is 62.3. The van der Waals surface area contributed by atoms with Gasteiger partial charge in [-0.3, -0.25) is 67.3 Å². The summed E-state index contributed by atoms with van der Waals surface area (Å²) >= 11 is 0. The number of carbonyl (C=O) groups excluding carboxylic acids is 13. The number of urea groups is 1. The summed E-state index contributed by atoms with van der Waals surface area (Å²) in [6.45, 7) is 25.8. The molecule has 0 fully saturated rings. The number of nitrogens with zero attached hydrogens (tertiary/aromatic N) is 1. The SMILES string of the molecule is CC[C@H](CC(=O)[C@H](C)NC(=O)[C@@H](CC(=O)[C@H](CC(=O)O)NC(=O)CCC(=O)[C@H](CCCN=C(N)N)NC(C)=O)CC(C)C)C(=O)N[C@@H](CC(C)C)C(=O)C[C@@H](CCCNC(N)=O)C(=O)NC(C)(C)C(=O)C[C@@H](CC(C)C)C(=O)NCCOCCOCCOCCOCCOCCC(=O)C(C)C. The Balaban J connectivity index is 5.90. The number of ether oxygens (including phenoxy) is 5. The second-order valence-electron chi connectivity index (χ2n) is 27.7. The maximum Gasteiger partial charge on any atom is 0.312 e. The molecular formula is C70H123N11O20. The molecule has 0 aromatic carbocycles. The number of carboxylic acid groups (broad SMARTS) is 1. The van der Waals surface area contributed by atoms with Crippen LogP contribution < -0.4 is 54.4 Å². The van der Waals surface area contributed by atoms with Gasteiger partial charge < -0.3 is 83.2 Å². The topological polar surface area (TPSA) is 480 Å². The molecule has 0 aromatic heterocycles. The molecule has 0 aliphatic carbocycles. The van der Waals surface area contributed by atoms with Crippen molar-refractivity contribution in [2.75, 3.05) is 85.7 Å². The lowest BCUT2D eigenvalue weighted by atomic mass is 9.85. The summed E-state index contributed by atoms with van der Waals surface area (Å²) in [5, 5.41) is 28.2. The highest BCUT2D eigenvalue weighted by molar-refractivity contribution is 5.99. The molecule has 101 heavy (non-hydrogen) atoms. The molecule has 0 heterocycles. The summed E-state index contributed by atoms with van der Waals surface area (Å²) in [5.74, 6) is -12.2. The number of aliphatic carboxylic acids is 1. The highest BCUT2D eigenvalue weighted by Gasteiger charge is 2.38. The molecule has 0 saturated carbocycles. The van der Waals surface area contributed by atoms with E-state index in [-0.39, 0.29) is 132 Å². The summed E-state index contributed by atoms with van der Waals surface area (Å²) < 4.78 is 27.6. The highest BCUT2D eigenvalue weighted by atomic mass is 16.6. The Morgan fingerprint density at radius 1 is 0.455 bits per heavy atom. The van der Waals surface area contributed by atoms with E-state index < -0.39 is 150 Å². The van der Waals surface area contributed by atoms with Crippen molar-refractivity contribution in [2.45, 2.75) is 222 Å². The van der Waals surface area contributed by atoms with Crippen molar-refractivity contribution < 1.29 is 95.9 Å². The molecule has 0 rings (SSSR count). The average Bonchev–Trinajstić information content (AvgIpc) is 0.843. The van der Waals surface area contributed by atoms with Crippen molar-refractivity contribution in [3.8, 4) is 0 Å². The molecule has 8 amide bonds. The minimum atomic E-state index is -1.59.